The number of hydrogen-bond acceptors (Lipinski definition) is 6. The molecule has 0 saturated carbocycles. The highest BCUT2D eigenvalue weighted by atomic mass is 35.5. The number of hydrogen-bond donors (Lipinski definition) is 0. The highest BCUT2D eigenvalue weighted by Crippen LogP contribution is 2.34. The van der Waals surface area contributed by atoms with Gasteiger partial charge >= 0.3 is 11.9 Å². The molecule has 0 bridgehead atoms. The van der Waals surface area contributed by atoms with Crippen LogP contribution >= 0.6 is 11.6 Å². The molecule has 1 aromatic carbocycles. The van der Waals surface area contributed by atoms with Crippen molar-refractivity contribution in [3.8, 4) is 22.8 Å². The third kappa shape index (κ3) is 3.50. The topological polar surface area (TPSA) is 88.2 Å². The van der Waals surface area contributed by atoms with Gasteiger partial charge in [0.25, 0.3) is 5.88 Å². The van der Waals surface area contributed by atoms with Crippen molar-refractivity contribution in [2.24, 2.45) is 7.05 Å². The van der Waals surface area contributed by atoms with Gasteiger partial charge in [-0.25, -0.2) is 4.68 Å². The van der Waals surface area contributed by atoms with Gasteiger partial charge in [-0.3, -0.25) is 14.3 Å². The molecule has 9 heteroatoms. The average molecular weight is 401 g/mol. The molecule has 0 saturated heterocycles. The van der Waals surface area contributed by atoms with Gasteiger partial charge in [-0.1, -0.05) is 17.7 Å². The SMILES string of the molecule is Cc1cc(-c2cnn(Cc3nn(C)c4c3OC(=O)CCC(=O)O4)c2)ccc1Cl. The van der Waals surface area contributed by atoms with Gasteiger partial charge in [-0.15, -0.1) is 0 Å². The van der Waals surface area contributed by atoms with Crippen LogP contribution < -0.4 is 9.47 Å². The lowest BCUT2D eigenvalue weighted by Crippen LogP contribution is -2.19. The molecule has 0 aliphatic carbocycles. The molecule has 0 unspecified atom stereocenters. The number of fused-ring (bicyclic) bond motifs is 1. The van der Waals surface area contributed by atoms with E-state index in [2.05, 4.69) is 10.2 Å². The van der Waals surface area contributed by atoms with Crippen LogP contribution in [0.1, 0.15) is 24.1 Å². The number of carbonyl (C=O) groups excluding carboxylic acids is 2. The zero-order valence-electron chi connectivity index (χ0n) is 15.3. The number of halogens is 1. The van der Waals surface area contributed by atoms with E-state index in [1.165, 1.54) is 4.68 Å². The lowest BCUT2D eigenvalue weighted by Gasteiger charge is -2.11. The Kier molecular flexibility index (Phi) is 4.64. The molecule has 0 N–H and O–H groups in total. The van der Waals surface area contributed by atoms with Gasteiger partial charge in [0.15, 0.2) is 0 Å². The van der Waals surface area contributed by atoms with Crippen LogP contribution in [0, 0.1) is 6.92 Å². The molecule has 0 atom stereocenters. The highest BCUT2D eigenvalue weighted by molar-refractivity contribution is 6.31. The molecule has 4 rings (SSSR count). The summed E-state index contributed by atoms with van der Waals surface area (Å²) >= 11 is 6.09. The fraction of sp³-hybridized carbons (Fsp3) is 0.263. The van der Waals surface area contributed by atoms with E-state index < -0.39 is 11.9 Å². The molecule has 8 nitrogen and oxygen atoms in total. The number of nitrogens with zero attached hydrogens (tertiary/aromatic N) is 4. The summed E-state index contributed by atoms with van der Waals surface area (Å²) in [5.74, 6) is -0.717. The number of carbonyl (C=O) groups is 2. The van der Waals surface area contributed by atoms with Crippen LogP contribution in [0.2, 0.25) is 5.02 Å². The van der Waals surface area contributed by atoms with Crippen LogP contribution in [0.25, 0.3) is 11.1 Å². The van der Waals surface area contributed by atoms with Crippen LogP contribution in [0.15, 0.2) is 30.6 Å². The molecule has 1 aliphatic heterocycles. The van der Waals surface area contributed by atoms with Gasteiger partial charge in [0.2, 0.25) is 5.75 Å². The molecule has 144 valence electrons. The first-order valence-corrected chi connectivity index (χ1v) is 9.04. The van der Waals surface area contributed by atoms with E-state index in [9.17, 15) is 9.59 Å². The molecule has 2 aromatic heterocycles. The minimum atomic E-state index is -0.495. The Balaban J connectivity index is 1.63. The molecular formula is C19H17ClN4O4. The predicted molar refractivity (Wildman–Crippen MR) is 100 cm³/mol. The van der Waals surface area contributed by atoms with Crippen molar-refractivity contribution >= 4 is 23.5 Å². The molecule has 3 heterocycles. The standard InChI is InChI=1S/C19H17ClN4O4/c1-11-7-12(3-4-14(11)20)13-8-21-24(9-13)10-15-18-19(23(2)22-15)28-17(26)6-5-16(25)27-18/h3-4,7-9H,5-6,10H2,1-2H3. The summed E-state index contributed by atoms with van der Waals surface area (Å²) in [6.07, 6.45) is 3.54. The van der Waals surface area contributed by atoms with Gasteiger partial charge in [0.1, 0.15) is 5.69 Å². The molecular weight excluding hydrogens is 384 g/mol. The zero-order chi connectivity index (χ0) is 19.8. The zero-order valence-corrected chi connectivity index (χ0v) is 16.1. The summed E-state index contributed by atoms with van der Waals surface area (Å²) in [6, 6.07) is 5.76. The number of benzene rings is 1. The number of aromatic nitrogens is 4. The van der Waals surface area contributed by atoms with Gasteiger partial charge in [0, 0.05) is 23.8 Å². The molecule has 3 aromatic rings. The fourth-order valence-electron chi connectivity index (χ4n) is 2.97. The van der Waals surface area contributed by atoms with Crippen LogP contribution in [0.5, 0.6) is 11.6 Å². The Bertz CT molecular complexity index is 1090. The first-order chi connectivity index (χ1) is 13.4. The van der Waals surface area contributed by atoms with Crippen molar-refractivity contribution in [1.29, 1.82) is 0 Å². The molecule has 0 radical (unpaired) electrons. The van der Waals surface area contributed by atoms with E-state index in [0.29, 0.717) is 10.7 Å². The van der Waals surface area contributed by atoms with Gasteiger partial charge in [-0.2, -0.15) is 10.2 Å². The minimum absolute atomic E-state index is 0.0260. The van der Waals surface area contributed by atoms with Crippen LogP contribution in [-0.2, 0) is 23.2 Å². The van der Waals surface area contributed by atoms with E-state index in [1.54, 1.807) is 17.9 Å². The molecule has 28 heavy (non-hydrogen) atoms. The molecule has 0 fully saturated rings. The summed E-state index contributed by atoms with van der Waals surface area (Å²) in [5, 5.41) is 9.40. The second-order valence-corrected chi connectivity index (χ2v) is 6.95. The Morgan fingerprint density at radius 3 is 2.64 bits per heavy atom. The van der Waals surface area contributed by atoms with Gasteiger partial charge < -0.3 is 9.47 Å². The normalized spacial score (nSPS) is 14.1. The number of ether oxygens (including phenoxy) is 2. The van der Waals surface area contributed by atoms with E-state index in [0.717, 1.165) is 16.7 Å². The monoisotopic (exact) mass is 400 g/mol. The second-order valence-electron chi connectivity index (χ2n) is 6.54. The van der Waals surface area contributed by atoms with Crippen LogP contribution in [0.3, 0.4) is 0 Å². The Labute approximate surface area is 165 Å². The van der Waals surface area contributed by atoms with Crippen molar-refractivity contribution in [2.75, 3.05) is 0 Å². The average Bonchev–Trinajstić information content (AvgIpc) is 3.21. The van der Waals surface area contributed by atoms with Crippen molar-refractivity contribution in [2.45, 2.75) is 26.3 Å². The fourth-order valence-corrected chi connectivity index (χ4v) is 3.08. The first kappa shape index (κ1) is 18.2. The van der Waals surface area contributed by atoms with Gasteiger partial charge in [-0.05, 0) is 30.2 Å². The van der Waals surface area contributed by atoms with Crippen LogP contribution in [-0.4, -0.2) is 31.5 Å². The summed E-state index contributed by atoms with van der Waals surface area (Å²) in [7, 11) is 1.62. The van der Waals surface area contributed by atoms with Gasteiger partial charge in [0.05, 0.1) is 25.6 Å². The second kappa shape index (κ2) is 7.12. The van der Waals surface area contributed by atoms with Crippen molar-refractivity contribution in [3.63, 3.8) is 0 Å². The first-order valence-electron chi connectivity index (χ1n) is 8.67. The molecule has 0 amide bonds. The third-order valence-electron chi connectivity index (χ3n) is 4.42. The summed E-state index contributed by atoms with van der Waals surface area (Å²) in [5.41, 5.74) is 3.33. The maximum Gasteiger partial charge on any atom is 0.313 e. The Morgan fingerprint density at radius 1 is 1.14 bits per heavy atom. The summed E-state index contributed by atoms with van der Waals surface area (Å²) in [4.78, 5) is 23.7. The Morgan fingerprint density at radius 2 is 1.89 bits per heavy atom. The van der Waals surface area contributed by atoms with E-state index >= 15 is 0 Å². The number of aryl methyl sites for hydroxylation is 2. The quantitative estimate of drug-likeness (QED) is 0.628. The van der Waals surface area contributed by atoms with Crippen molar-refractivity contribution in [3.05, 3.63) is 46.9 Å². The lowest BCUT2D eigenvalue weighted by atomic mass is 10.1. The molecule has 0 spiro atoms. The minimum Gasteiger partial charge on any atom is -0.419 e. The predicted octanol–water partition coefficient (Wildman–Crippen LogP) is 2.90. The lowest BCUT2D eigenvalue weighted by molar-refractivity contribution is -0.143. The largest absolute Gasteiger partial charge is 0.419 e. The van der Waals surface area contributed by atoms with Crippen molar-refractivity contribution < 1.29 is 19.1 Å². The molecule has 1 aliphatic rings. The summed E-state index contributed by atoms with van der Waals surface area (Å²) in [6.45, 7) is 2.19. The van der Waals surface area contributed by atoms with Crippen molar-refractivity contribution in [1.82, 2.24) is 19.6 Å². The highest BCUT2D eigenvalue weighted by Gasteiger charge is 2.27. The third-order valence-corrected chi connectivity index (χ3v) is 4.84. The summed E-state index contributed by atoms with van der Waals surface area (Å²) < 4.78 is 13.7. The van der Waals surface area contributed by atoms with E-state index in [4.69, 9.17) is 21.1 Å². The number of esters is 2. The van der Waals surface area contributed by atoms with E-state index in [1.807, 2.05) is 31.3 Å². The maximum absolute atomic E-state index is 11.9. The Hall–Kier alpha value is -3.13. The van der Waals surface area contributed by atoms with E-state index in [-0.39, 0.29) is 31.0 Å². The maximum atomic E-state index is 11.9. The number of rotatable bonds is 3. The smallest absolute Gasteiger partial charge is 0.313 e. The van der Waals surface area contributed by atoms with Crippen LogP contribution in [0.4, 0.5) is 0 Å².